The van der Waals surface area contributed by atoms with E-state index >= 15 is 0 Å². The third kappa shape index (κ3) is 5.74. The van der Waals surface area contributed by atoms with Crippen molar-refractivity contribution in [2.24, 2.45) is 0 Å². The SMILES string of the molecule is CC(C)(C)NC(=O)C(c1cccnc1)N(C(=O)[C@H]1CCCN1)c1ccc(C(C)(C)C)cc1. The lowest BCUT2D eigenvalue weighted by molar-refractivity contribution is -0.128. The topological polar surface area (TPSA) is 74.3 Å². The molecule has 2 heterocycles. The molecule has 1 unspecified atom stereocenters. The van der Waals surface area contributed by atoms with E-state index in [9.17, 15) is 9.59 Å². The Morgan fingerprint density at radius 3 is 2.28 bits per heavy atom. The highest BCUT2D eigenvalue weighted by Gasteiger charge is 2.38. The minimum atomic E-state index is -0.821. The third-order valence-electron chi connectivity index (χ3n) is 5.61. The summed E-state index contributed by atoms with van der Waals surface area (Å²) >= 11 is 0. The van der Waals surface area contributed by atoms with Crippen molar-refractivity contribution in [1.29, 1.82) is 0 Å². The van der Waals surface area contributed by atoms with Crippen molar-refractivity contribution >= 4 is 17.5 Å². The number of aromatic nitrogens is 1. The molecule has 172 valence electrons. The monoisotopic (exact) mass is 436 g/mol. The zero-order valence-electron chi connectivity index (χ0n) is 20.1. The molecule has 1 saturated heterocycles. The lowest BCUT2D eigenvalue weighted by atomic mass is 9.87. The second-order valence-electron chi connectivity index (χ2n) is 10.6. The first-order valence-corrected chi connectivity index (χ1v) is 11.4. The number of nitrogens with one attached hydrogen (secondary N) is 2. The van der Waals surface area contributed by atoms with Gasteiger partial charge in [-0.1, -0.05) is 39.0 Å². The smallest absolute Gasteiger partial charge is 0.248 e. The summed E-state index contributed by atoms with van der Waals surface area (Å²) in [6.45, 7) is 13.1. The summed E-state index contributed by atoms with van der Waals surface area (Å²) in [4.78, 5) is 33.2. The number of amides is 2. The van der Waals surface area contributed by atoms with E-state index in [1.807, 2.05) is 51.1 Å². The molecule has 2 atom stereocenters. The van der Waals surface area contributed by atoms with Gasteiger partial charge < -0.3 is 10.6 Å². The number of nitrogens with zero attached hydrogens (tertiary/aromatic N) is 2. The highest BCUT2D eigenvalue weighted by atomic mass is 16.2. The van der Waals surface area contributed by atoms with Gasteiger partial charge in [-0.2, -0.15) is 0 Å². The van der Waals surface area contributed by atoms with Crippen LogP contribution in [0.2, 0.25) is 0 Å². The highest BCUT2D eigenvalue weighted by molar-refractivity contribution is 6.04. The minimum Gasteiger partial charge on any atom is -0.349 e. The molecular formula is C26H36N4O2. The van der Waals surface area contributed by atoms with Gasteiger partial charge in [0.15, 0.2) is 0 Å². The van der Waals surface area contributed by atoms with E-state index in [0.717, 1.165) is 19.4 Å². The Morgan fingerprint density at radius 2 is 1.78 bits per heavy atom. The number of pyridine rings is 1. The average Bonchev–Trinajstić information content (AvgIpc) is 3.25. The van der Waals surface area contributed by atoms with E-state index in [1.54, 1.807) is 23.4 Å². The van der Waals surface area contributed by atoms with Crippen molar-refractivity contribution in [3.8, 4) is 0 Å². The van der Waals surface area contributed by atoms with Gasteiger partial charge in [0.05, 0.1) is 6.04 Å². The molecule has 0 spiro atoms. The van der Waals surface area contributed by atoms with Crippen molar-refractivity contribution in [3.63, 3.8) is 0 Å². The van der Waals surface area contributed by atoms with Gasteiger partial charge in [0.2, 0.25) is 11.8 Å². The van der Waals surface area contributed by atoms with Crippen molar-refractivity contribution < 1.29 is 9.59 Å². The third-order valence-corrected chi connectivity index (χ3v) is 5.61. The Balaban J connectivity index is 2.11. The van der Waals surface area contributed by atoms with E-state index < -0.39 is 11.6 Å². The molecule has 1 fully saturated rings. The van der Waals surface area contributed by atoms with Gasteiger partial charge in [-0.3, -0.25) is 19.5 Å². The fourth-order valence-electron chi connectivity index (χ4n) is 3.98. The predicted octanol–water partition coefficient (Wildman–Crippen LogP) is 4.12. The van der Waals surface area contributed by atoms with Crippen LogP contribution < -0.4 is 15.5 Å². The fraction of sp³-hybridized carbons (Fsp3) is 0.500. The Labute approximate surface area is 191 Å². The van der Waals surface area contributed by atoms with E-state index in [-0.39, 0.29) is 23.3 Å². The second-order valence-corrected chi connectivity index (χ2v) is 10.6. The maximum Gasteiger partial charge on any atom is 0.248 e. The molecule has 1 aliphatic heterocycles. The van der Waals surface area contributed by atoms with Crippen LogP contribution in [0.5, 0.6) is 0 Å². The summed E-state index contributed by atoms with van der Waals surface area (Å²) in [5.74, 6) is -0.319. The van der Waals surface area contributed by atoms with Crippen LogP contribution in [-0.2, 0) is 15.0 Å². The molecular weight excluding hydrogens is 400 g/mol. The molecule has 1 aromatic heterocycles. The summed E-state index contributed by atoms with van der Waals surface area (Å²) in [5.41, 5.74) is 2.11. The molecule has 2 aromatic rings. The number of rotatable bonds is 5. The van der Waals surface area contributed by atoms with Crippen LogP contribution >= 0.6 is 0 Å². The molecule has 3 rings (SSSR count). The van der Waals surface area contributed by atoms with Gasteiger partial charge in [0.25, 0.3) is 0 Å². The van der Waals surface area contributed by atoms with Crippen LogP contribution in [0.15, 0.2) is 48.8 Å². The predicted molar refractivity (Wildman–Crippen MR) is 129 cm³/mol. The maximum absolute atomic E-state index is 13.8. The van der Waals surface area contributed by atoms with Crippen LogP contribution in [0.4, 0.5) is 5.69 Å². The van der Waals surface area contributed by atoms with Crippen LogP contribution in [0.3, 0.4) is 0 Å². The van der Waals surface area contributed by atoms with Gasteiger partial charge in [0, 0.05) is 29.2 Å². The lowest BCUT2D eigenvalue weighted by Gasteiger charge is -2.35. The zero-order valence-corrected chi connectivity index (χ0v) is 20.1. The largest absolute Gasteiger partial charge is 0.349 e. The van der Waals surface area contributed by atoms with Crippen molar-refractivity contribution in [2.45, 2.75) is 77.4 Å². The molecule has 1 aromatic carbocycles. The first-order valence-electron chi connectivity index (χ1n) is 11.4. The summed E-state index contributed by atoms with van der Waals surface area (Å²) in [6.07, 6.45) is 5.04. The zero-order chi connectivity index (χ0) is 23.5. The first kappa shape index (κ1) is 23.9. The molecule has 6 nitrogen and oxygen atoms in total. The number of carbonyl (C=O) groups excluding carboxylic acids is 2. The van der Waals surface area contributed by atoms with E-state index in [0.29, 0.717) is 11.3 Å². The van der Waals surface area contributed by atoms with Crippen LogP contribution in [-0.4, -0.2) is 34.9 Å². The molecule has 0 bridgehead atoms. The molecule has 2 N–H and O–H groups in total. The van der Waals surface area contributed by atoms with Crippen molar-refractivity contribution in [2.75, 3.05) is 11.4 Å². The van der Waals surface area contributed by atoms with Crippen LogP contribution in [0.25, 0.3) is 0 Å². The maximum atomic E-state index is 13.8. The van der Waals surface area contributed by atoms with Gasteiger partial charge >= 0.3 is 0 Å². The van der Waals surface area contributed by atoms with Crippen LogP contribution in [0, 0.1) is 0 Å². The molecule has 0 radical (unpaired) electrons. The van der Waals surface area contributed by atoms with Gasteiger partial charge in [-0.05, 0) is 69.3 Å². The average molecular weight is 437 g/mol. The lowest BCUT2D eigenvalue weighted by Crippen LogP contribution is -2.52. The van der Waals surface area contributed by atoms with Crippen LogP contribution in [0.1, 0.15) is 71.6 Å². The summed E-state index contributed by atoms with van der Waals surface area (Å²) in [7, 11) is 0. The Bertz CT molecular complexity index is 921. The Hall–Kier alpha value is -2.73. The second kappa shape index (κ2) is 9.41. The van der Waals surface area contributed by atoms with Gasteiger partial charge in [-0.15, -0.1) is 0 Å². The molecule has 0 aliphatic carbocycles. The first-order chi connectivity index (χ1) is 15.0. The van der Waals surface area contributed by atoms with E-state index in [1.165, 1.54) is 5.56 Å². The minimum absolute atomic E-state index is 0.00720. The van der Waals surface area contributed by atoms with E-state index in [2.05, 4.69) is 36.4 Å². The molecule has 6 heteroatoms. The van der Waals surface area contributed by atoms with Gasteiger partial charge in [-0.25, -0.2) is 0 Å². The number of carbonyl (C=O) groups is 2. The number of hydrogen-bond donors (Lipinski definition) is 2. The quantitative estimate of drug-likeness (QED) is 0.739. The summed E-state index contributed by atoms with van der Waals surface area (Å²) < 4.78 is 0. The molecule has 1 aliphatic rings. The van der Waals surface area contributed by atoms with E-state index in [4.69, 9.17) is 0 Å². The molecule has 32 heavy (non-hydrogen) atoms. The summed E-state index contributed by atoms with van der Waals surface area (Å²) in [5, 5.41) is 6.37. The number of benzene rings is 1. The Morgan fingerprint density at radius 1 is 1.09 bits per heavy atom. The van der Waals surface area contributed by atoms with Crippen molar-refractivity contribution in [3.05, 3.63) is 59.9 Å². The molecule has 2 amide bonds. The summed E-state index contributed by atoms with van der Waals surface area (Å²) in [6, 6.07) is 10.5. The van der Waals surface area contributed by atoms with Gasteiger partial charge in [0.1, 0.15) is 6.04 Å². The van der Waals surface area contributed by atoms with Crippen molar-refractivity contribution in [1.82, 2.24) is 15.6 Å². The normalized spacial score (nSPS) is 17.6. The fourth-order valence-corrected chi connectivity index (χ4v) is 3.98. The molecule has 0 saturated carbocycles. The Kier molecular flexibility index (Phi) is 7.03. The standard InChI is InChI=1S/C26H36N4O2/c1-25(2,3)19-11-13-20(14-12-19)30(24(32)21-10-8-16-28-21)22(18-9-7-15-27-17-18)23(31)29-26(4,5)6/h7,9,11-15,17,21-22,28H,8,10,16H2,1-6H3,(H,29,31)/t21-,22?/m1/s1. The number of anilines is 1. The number of hydrogen-bond acceptors (Lipinski definition) is 4. The highest BCUT2D eigenvalue weighted by Crippen LogP contribution is 2.32.